The predicted octanol–water partition coefficient (Wildman–Crippen LogP) is 4.24. The average Bonchev–Trinajstić information content (AvgIpc) is 2.55. The van der Waals surface area contributed by atoms with E-state index in [-0.39, 0.29) is 28.7 Å². The Bertz CT molecular complexity index is 980. The number of anilines is 1. The average molecular weight is 409 g/mol. The lowest BCUT2D eigenvalue weighted by atomic mass is 9.87. The molecule has 1 aromatic heterocycles. The molecule has 1 aliphatic rings. The summed E-state index contributed by atoms with van der Waals surface area (Å²) < 4.78 is 19.6. The lowest BCUT2D eigenvalue weighted by Gasteiger charge is -2.31. The van der Waals surface area contributed by atoms with Crippen molar-refractivity contribution in [3.63, 3.8) is 0 Å². The Morgan fingerprint density at radius 1 is 1.41 bits per heavy atom. The van der Waals surface area contributed by atoms with Gasteiger partial charge in [-0.15, -0.1) is 0 Å². The van der Waals surface area contributed by atoms with Gasteiger partial charge in [-0.1, -0.05) is 29.8 Å². The molecular formula is C18H15Cl2FN4O2. The number of carbonyl (C=O) groups is 1. The molecule has 0 bridgehead atoms. The number of carbonyl (C=O) groups excluding carboxylic acids is 1. The second-order valence-electron chi connectivity index (χ2n) is 6.17. The first-order chi connectivity index (χ1) is 12.7. The van der Waals surface area contributed by atoms with Crippen molar-refractivity contribution in [1.82, 2.24) is 4.98 Å². The predicted molar refractivity (Wildman–Crippen MR) is 102 cm³/mol. The fraction of sp³-hybridized carbons (Fsp3) is 0.167. The van der Waals surface area contributed by atoms with Gasteiger partial charge >= 0.3 is 0 Å². The number of hydrogen-bond acceptors (Lipinski definition) is 5. The van der Waals surface area contributed by atoms with E-state index in [1.807, 2.05) is 0 Å². The third kappa shape index (κ3) is 4.04. The van der Waals surface area contributed by atoms with E-state index >= 15 is 0 Å². The Labute approximate surface area is 164 Å². The fourth-order valence-corrected chi connectivity index (χ4v) is 3.28. The van der Waals surface area contributed by atoms with Crippen LogP contribution in [0.1, 0.15) is 29.4 Å². The summed E-state index contributed by atoms with van der Waals surface area (Å²) in [5.41, 5.74) is 5.22. The Balaban J connectivity index is 1.93. The molecule has 3 rings (SSSR count). The van der Waals surface area contributed by atoms with Crippen LogP contribution < -0.4 is 11.1 Å². The summed E-state index contributed by atoms with van der Waals surface area (Å²) in [6.07, 6.45) is 1.55. The molecule has 0 unspecified atom stereocenters. The van der Waals surface area contributed by atoms with Crippen LogP contribution in [0.3, 0.4) is 0 Å². The number of benzene rings is 1. The number of nitrogens with one attached hydrogen (secondary N) is 1. The maximum Gasteiger partial charge on any atom is 0.288 e. The smallest absolute Gasteiger partial charge is 0.288 e. The summed E-state index contributed by atoms with van der Waals surface area (Å²) in [4.78, 5) is 20.6. The van der Waals surface area contributed by atoms with Crippen molar-refractivity contribution in [3.05, 3.63) is 69.9 Å². The summed E-state index contributed by atoms with van der Waals surface area (Å²) >= 11 is 11.8. The summed E-state index contributed by atoms with van der Waals surface area (Å²) in [7, 11) is 0. The Hall–Kier alpha value is -2.64. The molecule has 1 atom stereocenters. The summed E-state index contributed by atoms with van der Waals surface area (Å²) in [5.74, 6) is -0.681. The highest BCUT2D eigenvalue weighted by Gasteiger charge is 2.35. The number of rotatable bonds is 3. The van der Waals surface area contributed by atoms with Crippen molar-refractivity contribution >= 4 is 40.8 Å². The maximum absolute atomic E-state index is 14.5. The van der Waals surface area contributed by atoms with Gasteiger partial charge in [-0.2, -0.15) is 0 Å². The molecule has 1 amide bonds. The molecule has 0 saturated heterocycles. The first kappa shape index (κ1) is 19.1. The van der Waals surface area contributed by atoms with Crippen molar-refractivity contribution < 1.29 is 13.9 Å². The molecule has 1 aliphatic heterocycles. The second kappa shape index (κ2) is 7.17. The van der Waals surface area contributed by atoms with Crippen LogP contribution in [-0.4, -0.2) is 16.9 Å². The topological polar surface area (TPSA) is 89.6 Å². The van der Waals surface area contributed by atoms with E-state index in [1.165, 1.54) is 30.5 Å². The summed E-state index contributed by atoms with van der Waals surface area (Å²) in [5, 5.41) is 3.05. The van der Waals surface area contributed by atoms with Crippen molar-refractivity contribution in [2.24, 2.45) is 10.7 Å². The number of aliphatic imine (C=N–C) groups is 1. The molecule has 0 fully saturated rings. The minimum Gasteiger partial charge on any atom is -0.431 e. The Morgan fingerprint density at radius 2 is 2.15 bits per heavy atom. The van der Waals surface area contributed by atoms with E-state index in [4.69, 9.17) is 33.7 Å². The van der Waals surface area contributed by atoms with Gasteiger partial charge in [0.1, 0.15) is 17.3 Å². The van der Waals surface area contributed by atoms with Gasteiger partial charge in [-0.05, 0) is 31.2 Å². The summed E-state index contributed by atoms with van der Waals surface area (Å²) in [6.45, 7) is 5.44. The maximum atomic E-state index is 14.5. The van der Waals surface area contributed by atoms with Gasteiger partial charge in [0.25, 0.3) is 11.9 Å². The molecule has 0 radical (unpaired) electrons. The number of amidine groups is 1. The third-order valence-corrected chi connectivity index (χ3v) is 4.47. The molecule has 9 heteroatoms. The highest BCUT2D eigenvalue weighted by atomic mass is 35.5. The van der Waals surface area contributed by atoms with Crippen LogP contribution in [0.25, 0.3) is 0 Å². The van der Waals surface area contributed by atoms with E-state index in [0.717, 1.165) is 0 Å². The van der Waals surface area contributed by atoms with Gasteiger partial charge in [-0.25, -0.2) is 14.4 Å². The molecule has 0 spiro atoms. The van der Waals surface area contributed by atoms with E-state index in [2.05, 4.69) is 21.9 Å². The van der Waals surface area contributed by atoms with Gasteiger partial charge in [-0.3, -0.25) is 4.79 Å². The molecule has 0 aliphatic carbocycles. The van der Waals surface area contributed by atoms with Crippen LogP contribution in [0.2, 0.25) is 10.0 Å². The normalized spacial score (nSPS) is 19.3. The largest absolute Gasteiger partial charge is 0.431 e. The molecule has 1 aromatic carbocycles. The molecule has 0 saturated carbocycles. The van der Waals surface area contributed by atoms with E-state index < -0.39 is 17.3 Å². The SMILES string of the molecule is C=C1C[C@@](C)(c2cc(NC(=O)c3ncc(Cl)cc3Cl)ccc2F)N=C(N)O1. The number of halogens is 3. The number of ether oxygens (including phenoxy) is 1. The third-order valence-electron chi connectivity index (χ3n) is 3.97. The lowest BCUT2D eigenvalue weighted by molar-refractivity contribution is 0.102. The fourth-order valence-electron chi connectivity index (χ4n) is 2.82. The van der Waals surface area contributed by atoms with Gasteiger partial charge in [0.15, 0.2) is 0 Å². The van der Waals surface area contributed by atoms with Crippen molar-refractivity contribution in [3.8, 4) is 0 Å². The number of hydrogen-bond donors (Lipinski definition) is 2. The van der Waals surface area contributed by atoms with E-state index in [1.54, 1.807) is 6.92 Å². The molecule has 2 heterocycles. The monoisotopic (exact) mass is 408 g/mol. The van der Waals surface area contributed by atoms with E-state index in [9.17, 15) is 9.18 Å². The zero-order valence-corrected chi connectivity index (χ0v) is 15.7. The zero-order valence-electron chi connectivity index (χ0n) is 14.2. The van der Waals surface area contributed by atoms with Crippen LogP contribution in [0.5, 0.6) is 0 Å². The molecular weight excluding hydrogens is 394 g/mol. The van der Waals surface area contributed by atoms with Crippen molar-refractivity contribution in [2.45, 2.75) is 18.9 Å². The minimum atomic E-state index is -1.01. The van der Waals surface area contributed by atoms with Crippen LogP contribution in [-0.2, 0) is 10.3 Å². The first-order valence-corrected chi connectivity index (χ1v) is 8.57. The molecule has 2 aromatic rings. The highest BCUT2D eigenvalue weighted by molar-refractivity contribution is 6.36. The lowest BCUT2D eigenvalue weighted by Crippen LogP contribution is -2.33. The molecule has 6 nitrogen and oxygen atoms in total. The van der Waals surface area contributed by atoms with Crippen molar-refractivity contribution in [1.29, 1.82) is 0 Å². The Morgan fingerprint density at radius 3 is 2.81 bits per heavy atom. The second-order valence-corrected chi connectivity index (χ2v) is 7.02. The molecule has 3 N–H and O–H groups in total. The van der Waals surface area contributed by atoms with Gasteiger partial charge in [0.2, 0.25) is 0 Å². The zero-order chi connectivity index (χ0) is 19.8. The quantitative estimate of drug-likeness (QED) is 0.794. The first-order valence-electron chi connectivity index (χ1n) is 7.81. The highest BCUT2D eigenvalue weighted by Crippen LogP contribution is 2.38. The number of nitrogens with two attached hydrogens (primary N) is 1. The minimum absolute atomic E-state index is 0.000127. The Kier molecular flexibility index (Phi) is 5.08. The number of pyridine rings is 1. The van der Waals surface area contributed by atoms with Gasteiger partial charge in [0.05, 0.1) is 15.6 Å². The van der Waals surface area contributed by atoms with Gasteiger partial charge < -0.3 is 15.8 Å². The van der Waals surface area contributed by atoms with Crippen LogP contribution in [0.4, 0.5) is 10.1 Å². The van der Waals surface area contributed by atoms with Crippen LogP contribution >= 0.6 is 23.2 Å². The number of aromatic nitrogens is 1. The molecule has 140 valence electrons. The van der Waals surface area contributed by atoms with Crippen LogP contribution in [0, 0.1) is 5.82 Å². The standard InChI is InChI=1S/C18H15Cl2FN4O2/c1-9-7-18(2,25-17(22)27-9)12-6-11(3-4-14(12)21)24-16(26)15-13(20)5-10(19)8-23-15/h3-6,8H,1,7H2,2H3,(H2,22,25)(H,24,26)/t18-/m0/s1. The van der Waals surface area contributed by atoms with E-state index in [0.29, 0.717) is 16.5 Å². The number of nitrogens with zero attached hydrogens (tertiary/aromatic N) is 2. The number of amides is 1. The van der Waals surface area contributed by atoms with Gasteiger partial charge in [0, 0.05) is 23.9 Å². The molecule has 27 heavy (non-hydrogen) atoms. The van der Waals surface area contributed by atoms with Crippen molar-refractivity contribution in [2.75, 3.05) is 5.32 Å². The summed E-state index contributed by atoms with van der Waals surface area (Å²) in [6, 6.07) is 5.45. The van der Waals surface area contributed by atoms with Crippen LogP contribution in [0.15, 0.2) is 47.8 Å².